The Kier molecular flexibility index (Phi) is 7.96. The lowest BCUT2D eigenvalue weighted by Crippen LogP contribution is -2.46. The van der Waals surface area contributed by atoms with E-state index < -0.39 is 0 Å². The molecule has 18 heavy (non-hydrogen) atoms. The Hall–Kier alpha value is -0.650. The van der Waals surface area contributed by atoms with Crippen LogP contribution >= 0.6 is 0 Å². The second-order valence-electron chi connectivity index (χ2n) is 4.90. The van der Waals surface area contributed by atoms with Crippen LogP contribution in [0.1, 0.15) is 26.7 Å². The minimum Gasteiger partial charge on any atom is -0.379 e. The molecule has 0 aromatic rings. The maximum absolute atomic E-state index is 11.5. The topological polar surface area (TPSA) is 53.6 Å². The van der Waals surface area contributed by atoms with Crippen LogP contribution in [0.25, 0.3) is 0 Å². The van der Waals surface area contributed by atoms with E-state index in [0.717, 1.165) is 52.2 Å². The Balaban J connectivity index is 2.04. The Morgan fingerprint density at radius 1 is 1.39 bits per heavy atom. The molecule has 2 N–H and O–H groups in total. The van der Waals surface area contributed by atoms with Gasteiger partial charge in [-0.3, -0.25) is 9.69 Å². The molecule has 0 radical (unpaired) electrons. The van der Waals surface area contributed by atoms with Crippen molar-refractivity contribution in [2.24, 2.45) is 0 Å². The van der Waals surface area contributed by atoms with Crippen LogP contribution in [0.4, 0.5) is 0 Å². The Morgan fingerprint density at radius 3 is 2.78 bits per heavy atom. The second kappa shape index (κ2) is 9.30. The summed E-state index contributed by atoms with van der Waals surface area (Å²) >= 11 is 0. The van der Waals surface area contributed by atoms with E-state index in [0.29, 0.717) is 12.6 Å². The fourth-order valence-electron chi connectivity index (χ4n) is 1.97. The molecule has 106 valence electrons. The SMILES string of the molecule is CCCCNC(=O)CNC(C)CN1CCOCC1. The van der Waals surface area contributed by atoms with Crippen molar-refractivity contribution in [1.29, 1.82) is 0 Å². The van der Waals surface area contributed by atoms with Gasteiger partial charge in [0.2, 0.25) is 5.91 Å². The summed E-state index contributed by atoms with van der Waals surface area (Å²) in [5.74, 6) is 0.0947. The number of ether oxygens (including phenoxy) is 1. The maximum Gasteiger partial charge on any atom is 0.233 e. The van der Waals surface area contributed by atoms with Crippen LogP contribution in [0.15, 0.2) is 0 Å². The lowest BCUT2D eigenvalue weighted by atomic mass is 10.3. The van der Waals surface area contributed by atoms with Gasteiger partial charge in [0, 0.05) is 32.2 Å². The number of morpholine rings is 1. The molecule has 0 aliphatic carbocycles. The van der Waals surface area contributed by atoms with Crippen molar-refractivity contribution in [1.82, 2.24) is 15.5 Å². The Bertz CT molecular complexity index is 230. The predicted molar refractivity (Wildman–Crippen MR) is 72.6 cm³/mol. The zero-order chi connectivity index (χ0) is 13.2. The van der Waals surface area contributed by atoms with Gasteiger partial charge in [-0.05, 0) is 13.3 Å². The highest BCUT2D eigenvalue weighted by atomic mass is 16.5. The quantitative estimate of drug-likeness (QED) is 0.611. The highest BCUT2D eigenvalue weighted by Crippen LogP contribution is 1.98. The molecule has 1 rings (SSSR count). The van der Waals surface area contributed by atoms with E-state index in [4.69, 9.17) is 4.74 Å². The molecule has 0 spiro atoms. The summed E-state index contributed by atoms with van der Waals surface area (Å²) in [5, 5.41) is 6.17. The van der Waals surface area contributed by atoms with E-state index in [2.05, 4.69) is 29.4 Å². The van der Waals surface area contributed by atoms with Crippen LogP contribution in [0.2, 0.25) is 0 Å². The molecule has 1 aliphatic rings. The average Bonchev–Trinajstić information content (AvgIpc) is 2.38. The van der Waals surface area contributed by atoms with Gasteiger partial charge >= 0.3 is 0 Å². The van der Waals surface area contributed by atoms with Crippen molar-refractivity contribution in [3.63, 3.8) is 0 Å². The van der Waals surface area contributed by atoms with Gasteiger partial charge in [0.25, 0.3) is 0 Å². The third-order valence-corrected chi connectivity index (χ3v) is 3.10. The zero-order valence-electron chi connectivity index (χ0n) is 11.7. The third-order valence-electron chi connectivity index (χ3n) is 3.10. The fourth-order valence-corrected chi connectivity index (χ4v) is 1.97. The molecule has 1 fully saturated rings. The number of unbranched alkanes of at least 4 members (excludes halogenated alkanes) is 1. The normalized spacial score (nSPS) is 18.6. The molecule has 5 heteroatoms. The summed E-state index contributed by atoms with van der Waals surface area (Å²) in [6, 6.07) is 0.333. The first-order valence-corrected chi connectivity index (χ1v) is 7.02. The summed E-state index contributed by atoms with van der Waals surface area (Å²) < 4.78 is 5.31. The van der Waals surface area contributed by atoms with E-state index in [1.54, 1.807) is 0 Å². The van der Waals surface area contributed by atoms with Crippen molar-refractivity contribution in [3.05, 3.63) is 0 Å². The van der Waals surface area contributed by atoms with Gasteiger partial charge in [-0.1, -0.05) is 13.3 Å². The molecule has 1 amide bonds. The van der Waals surface area contributed by atoms with Crippen LogP contribution in [-0.2, 0) is 9.53 Å². The molecule has 5 nitrogen and oxygen atoms in total. The summed E-state index contributed by atoms with van der Waals surface area (Å²) in [7, 11) is 0. The monoisotopic (exact) mass is 257 g/mol. The highest BCUT2D eigenvalue weighted by Gasteiger charge is 2.13. The first kappa shape index (κ1) is 15.4. The van der Waals surface area contributed by atoms with Gasteiger partial charge in [0.05, 0.1) is 19.8 Å². The molecule has 1 saturated heterocycles. The number of carbonyl (C=O) groups excluding carboxylic acids is 1. The summed E-state index contributed by atoms with van der Waals surface area (Å²) in [6.07, 6.45) is 2.16. The van der Waals surface area contributed by atoms with Gasteiger partial charge in [0.1, 0.15) is 0 Å². The van der Waals surface area contributed by atoms with Gasteiger partial charge < -0.3 is 15.4 Å². The third kappa shape index (κ3) is 6.93. The number of nitrogens with one attached hydrogen (secondary N) is 2. The fraction of sp³-hybridized carbons (Fsp3) is 0.923. The molecule has 1 heterocycles. The van der Waals surface area contributed by atoms with Crippen molar-refractivity contribution < 1.29 is 9.53 Å². The van der Waals surface area contributed by atoms with Gasteiger partial charge in [-0.2, -0.15) is 0 Å². The minimum absolute atomic E-state index is 0.0947. The molecule has 1 aliphatic heterocycles. The molecular formula is C13H27N3O2. The summed E-state index contributed by atoms with van der Waals surface area (Å²) in [4.78, 5) is 13.9. The molecule has 0 aromatic carbocycles. The van der Waals surface area contributed by atoms with Gasteiger partial charge in [0.15, 0.2) is 0 Å². The summed E-state index contributed by atoms with van der Waals surface area (Å²) in [5.41, 5.74) is 0. The number of hydrogen-bond donors (Lipinski definition) is 2. The molecule has 0 bridgehead atoms. The van der Waals surface area contributed by atoms with Crippen LogP contribution in [0.3, 0.4) is 0 Å². The lowest BCUT2D eigenvalue weighted by molar-refractivity contribution is -0.120. The first-order valence-electron chi connectivity index (χ1n) is 7.02. The number of carbonyl (C=O) groups is 1. The van der Waals surface area contributed by atoms with E-state index in [-0.39, 0.29) is 5.91 Å². The van der Waals surface area contributed by atoms with Crippen molar-refractivity contribution in [3.8, 4) is 0 Å². The van der Waals surface area contributed by atoms with Crippen LogP contribution in [0.5, 0.6) is 0 Å². The van der Waals surface area contributed by atoms with Crippen LogP contribution < -0.4 is 10.6 Å². The zero-order valence-corrected chi connectivity index (χ0v) is 11.7. The van der Waals surface area contributed by atoms with E-state index in [9.17, 15) is 4.79 Å². The number of amides is 1. The number of rotatable bonds is 8. The number of hydrogen-bond acceptors (Lipinski definition) is 4. The van der Waals surface area contributed by atoms with E-state index in [1.807, 2.05) is 0 Å². The van der Waals surface area contributed by atoms with Crippen molar-refractivity contribution >= 4 is 5.91 Å². The smallest absolute Gasteiger partial charge is 0.233 e. The standard InChI is InChI=1S/C13H27N3O2/c1-3-4-5-14-13(17)10-15-12(2)11-16-6-8-18-9-7-16/h12,15H,3-11H2,1-2H3,(H,14,17). The molecule has 1 unspecified atom stereocenters. The first-order chi connectivity index (χ1) is 8.72. The van der Waals surface area contributed by atoms with E-state index >= 15 is 0 Å². The van der Waals surface area contributed by atoms with Gasteiger partial charge in [-0.25, -0.2) is 0 Å². The molecule has 1 atom stereocenters. The largest absolute Gasteiger partial charge is 0.379 e. The Labute approximate surface area is 110 Å². The lowest BCUT2D eigenvalue weighted by Gasteiger charge is -2.29. The minimum atomic E-state index is 0.0947. The number of nitrogens with zero attached hydrogens (tertiary/aromatic N) is 1. The highest BCUT2D eigenvalue weighted by molar-refractivity contribution is 5.77. The van der Waals surface area contributed by atoms with Crippen molar-refractivity contribution in [2.45, 2.75) is 32.7 Å². The molecular weight excluding hydrogens is 230 g/mol. The maximum atomic E-state index is 11.5. The van der Waals surface area contributed by atoms with Gasteiger partial charge in [-0.15, -0.1) is 0 Å². The molecule has 0 aromatic heterocycles. The van der Waals surface area contributed by atoms with Crippen LogP contribution in [-0.4, -0.2) is 62.8 Å². The predicted octanol–water partition coefficient (Wildman–Crippen LogP) is 0.213. The average molecular weight is 257 g/mol. The summed E-state index contributed by atoms with van der Waals surface area (Å²) in [6.45, 7) is 10.1. The van der Waals surface area contributed by atoms with Crippen molar-refractivity contribution in [2.75, 3.05) is 45.9 Å². The molecule has 0 saturated carbocycles. The second-order valence-corrected chi connectivity index (χ2v) is 4.90. The van der Waals surface area contributed by atoms with Crippen LogP contribution in [0, 0.1) is 0 Å². The van der Waals surface area contributed by atoms with E-state index in [1.165, 1.54) is 0 Å². The Morgan fingerprint density at radius 2 is 2.11 bits per heavy atom.